The highest BCUT2D eigenvalue weighted by molar-refractivity contribution is 5.39. The molecule has 1 aromatic rings. The normalized spacial score (nSPS) is 14.6. The molecule has 1 aliphatic carbocycles. The number of aromatic nitrogens is 3. The van der Waals surface area contributed by atoms with E-state index in [2.05, 4.69) is 25.2 Å². The van der Waals surface area contributed by atoms with Crippen LogP contribution in [-0.2, 0) is 0 Å². The van der Waals surface area contributed by atoms with Crippen LogP contribution in [0.2, 0.25) is 0 Å². The largest absolute Gasteiger partial charge is 0.463 e. The third kappa shape index (κ3) is 4.17. The first-order valence-corrected chi connectivity index (χ1v) is 7.72. The molecule has 0 aliphatic heterocycles. The van der Waals surface area contributed by atoms with E-state index in [1.54, 1.807) is 7.05 Å². The number of rotatable bonds is 9. The van der Waals surface area contributed by atoms with E-state index >= 15 is 0 Å². The standard InChI is InChI=1S/C14H25N5O2/c1-3-10-21-14-17-12(15-2)16-13(18-14)19(8-5-9-20)11-6-4-7-11/h11,20H,3-10H2,1-2H3,(H,15,16,17,18). The molecule has 7 nitrogen and oxygen atoms in total. The van der Waals surface area contributed by atoms with E-state index in [0.29, 0.717) is 37.0 Å². The zero-order chi connectivity index (χ0) is 15.1. The minimum absolute atomic E-state index is 0.173. The van der Waals surface area contributed by atoms with Crippen LogP contribution in [-0.4, -0.2) is 52.9 Å². The van der Waals surface area contributed by atoms with Crippen LogP contribution in [0.3, 0.4) is 0 Å². The zero-order valence-corrected chi connectivity index (χ0v) is 12.9. The van der Waals surface area contributed by atoms with Gasteiger partial charge >= 0.3 is 6.01 Å². The molecule has 0 aromatic carbocycles. The number of nitrogens with zero attached hydrogens (tertiary/aromatic N) is 4. The monoisotopic (exact) mass is 295 g/mol. The molecule has 1 saturated carbocycles. The lowest BCUT2D eigenvalue weighted by atomic mass is 9.91. The smallest absolute Gasteiger partial charge is 0.323 e. The van der Waals surface area contributed by atoms with Gasteiger partial charge in [-0.15, -0.1) is 0 Å². The van der Waals surface area contributed by atoms with Crippen LogP contribution < -0.4 is 15.0 Å². The van der Waals surface area contributed by atoms with Crippen LogP contribution in [0, 0.1) is 0 Å². The fourth-order valence-corrected chi connectivity index (χ4v) is 2.23. The van der Waals surface area contributed by atoms with Gasteiger partial charge in [-0.25, -0.2) is 0 Å². The van der Waals surface area contributed by atoms with Crippen molar-refractivity contribution in [2.75, 3.05) is 37.0 Å². The molecule has 0 spiro atoms. The number of anilines is 2. The summed E-state index contributed by atoms with van der Waals surface area (Å²) in [5.41, 5.74) is 0. The van der Waals surface area contributed by atoms with Gasteiger partial charge in [-0.1, -0.05) is 6.92 Å². The van der Waals surface area contributed by atoms with Crippen LogP contribution in [0.15, 0.2) is 0 Å². The molecule has 2 rings (SSSR count). The van der Waals surface area contributed by atoms with Gasteiger partial charge in [0.15, 0.2) is 0 Å². The van der Waals surface area contributed by atoms with Gasteiger partial charge in [-0.3, -0.25) is 0 Å². The Bertz CT molecular complexity index is 439. The maximum absolute atomic E-state index is 9.09. The molecule has 1 aromatic heterocycles. The summed E-state index contributed by atoms with van der Waals surface area (Å²) in [7, 11) is 1.78. The molecule has 1 fully saturated rings. The van der Waals surface area contributed by atoms with Gasteiger partial charge in [0.2, 0.25) is 11.9 Å². The Balaban J connectivity index is 2.20. The first kappa shape index (κ1) is 15.8. The third-order valence-corrected chi connectivity index (χ3v) is 3.59. The number of aliphatic hydroxyl groups excluding tert-OH is 1. The average molecular weight is 295 g/mol. The van der Waals surface area contributed by atoms with Crippen molar-refractivity contribution < 1.29 is 9.84 Å². The summed E-state index contributed by atoms with van der Waals surface area (Å²) in [5, 5.41) is 12.0. The van der Waals surface area contributed by atoms with Crippen molar-refractivity contribution in [2.24, 2.45) is 0 Å². The first-order chi connectivity index (χ1) is 10.3. The Hall–Kier alpha value is -1.63. The molecule has 7 heteroatoms. The average Bonchev–Trinajstić information content (AvgIpc) is 2.46. The van der Waals surface area contributed by atoms with E-state index in [-0.39, 0.29) is 6.61 Å². The van der Waals surface area contributed by atoms with E-state index in [0.717, 1.165) is 25.8 Å². The Kier molecular flexibility index (Phi) is 5.98. The van der Waals surface area contributed by atoms with Gasteiger partial charge in [0, 0.05) is 26.2 Å². The van der Waals surface area contributed by atoms with Crippen LogP contribution in [0.1, 0.15) is 39.0 Å². The van der Waals surface area contributed by atoms with Gasteiger partial charge in [0.1, 0.15) is 0 Å². The number of nitrogens with one attached hydrogen (secondary N) is 1. The zero-order valence-electron chi connectivity index (χ0n) is 12.9. The number of aliphatic hydroxyl groups is 1. The molecule has 0 radical (unpaired) electrons. The molecule has 0 saturated heterocycles. The lowest BCUT2D eigenvalue weighted by Crippen LogP contribution is -2.42. The fraction of sp³-hybridized carbons (Fsp3) is 0.786. The Morgan fingerprint density at radius 2 is 2.14 bits per heavy atom. The van der Waals surface area contributed by atoms with E-state index in [1.165, 1.54) is 6.42 Å². The molecule has 0 amide bonds. The highest BCUT2D eigenvalue weighted by atomic mass is 16.5. The second kappa shape index (κ2) is 7.97. The summed E-state index contributed by atoms with van der Waals surface area (Å²) >= 11 is 0. The maximum atomic E-state index is 9.09. The number of ether oxygens (including phenoxy) is 1. The first-order valence-electron chi connectivity index (χ1n) is 7.72. The summed E-state index contributed by atoms with van der Waals surface area (Å²) in [6, 6.07) is 0.821. The van der Waals surface area contributed by atoms with Crippen LogP contribution >= 0.6 is 0 Å². The molecule has 0 unspecified atom stereocenters. The van der Waals surface area contributed by atoms with Crippen LogP contribution in [0.5, 0.6) is 6.01 Å². The minimum Gasteiger partial charge on any atom is -0.463 e. The topological polar surface area (TPSA) is 83.4 Å². The molecular weight excluding hydrogens is 270 g/mol. The van der Waals surface area contributed by atoms with Gasteiger partial charge in [-0.2, -0.15) is 15.0 Å². The molecule has 1 heterocycles. The highest BCUT2D eigenvalue weighted by Crippen LogP contribution is 2.28. The maximum Gasteiger partial charge on any atom is 0.323 e. The van der Waals surface area contributed by atoms with Crippen molar-refractivity contribution in [1.29, 1.82) is 0 Å². The predicted octanol–water partition coefficient (Wildman–Crippen LogP) is 1.44. The SMILES string of the molecule is CCCOc1nc(NC)nc(N(CCCO)C2CCC2)n1. The van der Waals surface area contributed by atoms with Crippen molar-refractivity contribution in [1.82, 2.24) is 15.0 Å². The molecular formula is C14H25N5O2. The second-order valence-corrected chi connectivity index (χ2v) is 5.20. The van der Waals surface area contributed by atoms with Gasteiger partial charge in [0.05, 0.1) is 6.61 Å². The molecule has 2 N–H and O–H groups in total. The van der Waals surface area contributed by atoms with Gasteiger partial charge in [0.25, 0.3) is 0 Å². The van der Waals surface area contributed by atoms with Crippen molar-refractivity contribution in [3.8, 4) is 6.01 Å². The third-order valence-electron chi connectivity index (χ3n) is 3.59. The molecule has 0 atom stereocenters. The van der Waals surface area contributed by atoms with Crippen LogP contribution in [0.4, 0.5) is 11.9 Å². The Morgan fingerprint density at radius 3 is 2.71 bits per heavy atom. The lowest BCUT2D eigenvalue weighted by molar-refractivity contribution is 0.280. The number of hydrogen-bond acceptors (Lipinski definition) is 7. The lowest BCUT2D eigenvalue weighted by Gasteiger charge is -2.37. The van der Waals surface area contributed by atoms with Gasteiger partial charge < -0.3 is 20.1 Å². The summed E-state index contributed by atoms with van der Waals surface area (Å²) in [6.45, 7) is 3.56. The number of hydrogen-bond donors (Lipinski definition) is 2. The quantitative estimate of drug-likeness (QED) is 0.713. The summed E-state index contributed by atoms with van der Waals surface area (Å²) in [4.78, 5) is 15.3. The van der Waals surface area contributed by atoms with Crippen molar-refractivity contribution >= 4 is 11.9 Å². The van der Waals surface area contributed by atoms with Gasteiger partial charge in [-0.05, 0) is 32.1 Å². The van der Waals surface area contributed by atoms with E-state index in [9.17, 15) is 0 Å². The van der Waals surface area contributed by atoms with E-state index in [1.807, 2.05) is 6.92 Å². The Morgan fingerprint density at radius 1 is 1.33 bits per heavy atom. The fourth-order valence-electron chi connectivity index (χ4n) is 2.23. The van der Waals surface area contributed by atoms with E-state index in [4.69, 9.17) is 9.84 Å². The molecule has 1 aliphatic rings. The molecule has 21 heavy (non-hydrogen) atoms. The summed E-state index contributed by atoms with van der Waals surface area (Å²) < 4.78 is 5.55. The van der Waals surface area contributed by atoms with Crippen molar-refractivity contribution in [3.63, 3.8) is 0 Å². The summed E-state index contributed by atoms with van der Waals surface area (Å²) in [5.74, 6) is 1.15. The van der Waals surface area contributed by atoms with E-state index < -0.39 is 0 Å². The van der Waals surface area contributed by atoms with Crippen LogP contribution in [0.25, 0.3) is 0 Å². The summed E-state index contributed by atoms with van der Waals surface area (Å²) in [6.07, 6.45) is 5.16. The predicted molar refractivity (Wildman–Crippen MR) is 81.8 cm³/mol. The van der Waals surface area contributed by atoms with Crippen molar-refractivity contribution in [2.45, 2.75) is 45.1 Å². The molecule has 118 valence electrons. The minimum atomic E-state index is 0.173. The highest BCUT2D eigenvalue weighted by Gasteiger charge is 2.27. The Labute approximate surface area is 125 Å². The van der Waals surface area contributed by atoms with Crippen molar-refractivity contribution in [3.05, 3.63) is 0 Å². The molecule has 0 bridgehead atoms. The second-order valence-electron chi connectivity index (χ2n) is 5.20.